The Bertz CT molecular complexity index is 338. The van der Waals surface area contributed by atoms with E-state index in [2.05, 4.69) is 39.8 Å². The van der Waals surface area contributed by atoms with Crippen LogP contribution in [0, 0.1) is 0 Å². The molecule has 0 fully saturated rings. The van der Waals surface area contributed by atoms with Crippen LogP contribution in [0.3, 0.4) is 0 Å². The summed E-state index contributed by atoms with van der Waals surface area (Å²) >= 11 is 2.57. The summed E-state index contributed by atoms with van der Waals surface area (Å²) in [5.41, 5.74) is 0. The summed E-state index contributed by atoms with van der Waals surface area (Å²) in [5.74, 6) is 0. The van der Waals surface area contributed by atoms with Gasteiger partial charge in [-0.2, -0.15) is 0 Å². The zero-order chi connectivity index (χ0) is 26.2. The molecule has 0 rings (SSSR count). The van der Waals surface area contributed by atoms with Gasteiger partial charge in [0.05, 0.1) is 0 Å². The first-order valence-electron chi connectivity index (χ1n) is 17.2. The molecule has 218 valence electrons. The van der Waals surface area contributed by atoms with E-state index in [4.69, 9.17) is 0 Å². The highest BCUT2D eigenvalue weighted by atomic mass is 127. The van der Waals surface area contributed by atoms with Crippen molar-refractivity contribution in [1.82, 2.24) is 3.11 Å². The predicted octanol–water partition coefficient (Wildman–Crippen LogP) is 13.4. The van der Waals surface area contributed by atoms with Gasteiger partial charge in [0.25, 0.3) is 0 Å². The molecule has 0 aromatic rings. The van der Waals surface area contributed by atoms with Crippen LogP contribution in [0.15, 0.2) is 0 Å². The van der Waals surface area contributed by atoms with E-state index in [0.717, 1.165) is 0 Å². The third-order valence-corrected chi connectivity index (χ3v) is 8.97. The second-order valence-corrected chi connectivity index (χ2v) is 13.2. The van der Waals surface area contributed by atoms with Crippen LogP contribution in [0.1, 0.15) is 206 Å². The maximum absolute atomic E-state index is 2.57. The Morgan fingerprint density at radius 2 is 0.444 bits per heavy atom. The van der Waals surface area contributed by atoms with E-state index in [0.29, 0.717) is 0 Å². The second-order valence-electron chi connectivity index (χ2n) is 11.8. The van der Waals surface area contributed by atoms with E-state index in [-0.39, 0.29) is 0 Å². The first-order chi connectivity index (χ1) is 17.8. The van der Waals surface area contributed by atoms with Gasteiger partial charge in [-0.3, -0.25) is 0 Å². The molecule has 2 heteroatoms. The molecule has 0 radical (unpaired) electrons. The van der Waals surface area contributed by atoms with E-state index < -0.39 is 0 Å². The lowest BCUT2D eigenvalue weighted by Crippen LogP contribution is -2.14. The van der Waals surface area contributed by atoms with E-state index in [1.54, 1.807) is 0 Å². The summed E-state index contributed by atoms with van der Waals surface area (Å²) in [5, 5.41) is 0. The normalized spacial score (nSPS) is 11.7. The monoisotopic (exact) mass is 619 g/mol. The van der Waals surface area contributed by atoms with Gasteiger partial charge in [0.15, 0.2) is 0 Å². The van der Waals surface area contributed by atoms with Gasteiger partial charge < -0.3 is 0 Å². The number of hydrogen-bond donors (Lipinski definition) is 0. The molecular weight excluding hydrogens is 549 g/mol. The van der Waals surface area contributed by atoms with E-state index in [9.17, 15) is 0 Å². The van der Waals surface area contributed by atoms with Gasteiger partial charge in [0.2, 0.25) is 0 Å². The molecule has 0 aliphatic heterocycles. The molecular formula is C34H70IN. The molecule has 0 heterocycles. The van der Waals surface area contributed by atoms with Crippen LogP contribution in [-0.2, 0) is 0 Å². The standard InChI is InChI=1S/C34H70IN/c1-3-5-7-9-11-13-15-17-19-21-23-25-27-29-31-33-36(35)34-32-30-28-26-24-22-20-18-16-14-12-10-8-6-4-2/h3-34H2,1-2H3. The zero-order valence-corrected chi connectivity index (χ0v) is 27.6. The van der Waals surface area contributed by atoms with Gasteiger partial charge in [-0.25, -0.2) is 3.11 Å². The number of hydrogen-bond acceptors (Lipinski definition) is 1. The molecule has 0 spiro atoms. The smallest absolute Gasteiger partial charge is 0.0201 e. The molecule has 0 N–H and O–H groups in total. The maximum Gasteiger partial charge on any atom is 0.0201 e. The van der Waals surface area contributed by atoms with Crippen molar-refractivity contribution in [1.29, 1.82) is 0 Å². The molecule has 0 saturated heterocycles. The van der Waals surface area contributed by atoms with Crippen molar-refractivity contribution in [2.24, 2.45) is 0 Å². The van der Waals surface area contributed by atoms with Crippen molar-refractivity contribution >= 4 is 22.9 Å². The van der Waals surface area contributed by atoms with Crippen LogP contribution in [0.25, 0.3) is 0 Å². The number of halogens is 1. The van der Waals surface area contributed by atoms with Crippen molar-refractivity contribution in [3.8, 4) is 0 Å². The molecule has 0 aliphatic rings. The fourth-order valence-electron chi connectivity index (χ4n) is 5.42. The average Bonchev–Trinajstić information content (AvgIpc) is 2.88. The van der Waals surface area contributed by atoms with Gasteiger partial charge in [-0.05, 0) is 12.8 Å². The third kappa shape index (κ3) is 32.7. The third-order valence-electron chi connectivity index (χ3n) is 8.01. The summed E-state index contributed by atoms with van der Waals surface area (Å²) < 4.78 is 2.56. The Morgan fingerprint density at radius 3 is 0.639 bits per heavy atom. The number of nitrogens with zero attached hydrogens (tertiary/aromatic N) is 1. The largest absolute Gasteiger partial charge is 0.248 e. The highest BCUT2D eigenvalue weighted by Crippen LogP contribution is 2.16. The molecule has 36 heavy (non-hydrogen) atoms. The van der Waals surface area contributed by atoms with Gasteiger partial charge in [-0.1, -0.05) is 194 Å². The summed E-state index contributed by atoms with van der Waals surface area (Å²) in [6.07, 6.45) is 43.8. The lowest BCUT2D eigenvalue weighted by atomic mass is 10.0. The molecule has 1 nitrogen and oxygen atoms in total. The SMILES string of the molecule is CCCCCCCCCCCCCCCCCN(I)CCCCCCCCCCCCCCCCC. The molecule has 0 aromatic heterocycles. The van der Waals surface area contributed by atoms with Crippen molar-refractivity contribution in [2.45, 2.75) is 206 Å². The molecule has 0 bridgehead atoms. The maximum atomic E-state index is 2.57. The van der Waals surface area contributed by atoms with Crippen LogP contribution >= 0.6 is 22.9 Å². The molecule has 0 aromatic carbocycles. The fraction of sp³-hybridized carbons (Fsp3) is 1.00. The van der Waals surface area contributed by atoms with Crippen molar-refractivity contribution in [2.75, 3.05) is 13.1 Å². The minimum absolute atomic E-state index is 1.30. The van der Waals surface area contributed by atoms with E-state index >= 15 is 0 Å². The number of unbranched alkanes of at least 4 members (excludes halogenated alkanes) is 28. The van der Waals surface area contributed by atoms with Crippen molar-refractivity contribution in [3.63, 3.8) is 0 Å². The van der Waals surface area contributed by atoms with Crippen LogP contribution in [-0.4, -0.2) is 16.2 Å². The molecule has 0 unspecified atom stereocenters. The highest BCUT2D eigenvalue weighted by Gasteiger charge is 2.01. The van der Waals surface area contributed by atoms with Gasteiger partial charge in [0, 0.05) is 36.0 Å². The first kappa shape index (κ1) is 36.7. The summed E-state index contributed by atoms with van der Waals surface area (Å²) in [4.78, 5) is 0. The quantitative estimate of drug-likeness (QED) is 0.0411. The molecule has 0 amide bonds. The lowest BCUT2D eigenvalue weighted by molar-refractivity contribution is 0.448. The van der Waals surface area contributed by atoms with Crippen LogP contribution in [0.4, 0.5) is 0 Å². The fourth-order valence-corrected chi connectivity index (χ4v) is 6.10. The Hall–Kier alpha value is 0.690. The lowest BCUT2D eigenvalue weighted by Gasteiger charge is -2.14. The van der Waals surface area contributed by atoms with E-state index in [1.165, 1.54) is 206 Å². The van der Waals surface area contributed by atoms with Crippen LogP contribution in [0.2, 0.25) is 0 Å². The minimum atomic E-state index is 1.30. The van der Waals surface area contributed by atoms with Gasteiger partial charge in [0.1, 0.15) is 0 Å². The molecule has 0 atom stereocenters. The predicted molar refractivity (Wildman–Crippen MR) is 175 cm³/mol. The Labute approximate surface area is 244 Å². The zero-order valence-electron chi connectivity index (χ0n) is 25.5. The Balaban J connectivity index is 3.13. The Kier molecular flexibility index (Phi) is 34.4. The van der Waals surface area contributed by atoms with Gasteiger partial charge in [-0.15, -0.1) is 0 Å². The van der Waals surface area contributed by atoms with Crippen LogP contribution in [0.5, 0.6) is 0 Å². The Morgan fingerprint density at radius 1 is 0.278 bits per heavy atom. The van der Waals surface area contributed by atoms with Crippen LogP contribution < -0.4 is 0 Å². The topological polar surface area (TPSA) is 3.24 Å². The second kappa shape index (κ2) is 33.7. The van der Waals surface area contributed by atoms with E-state index in [1.807, 2.05) is 0 Å². The average molecular weight is 620 g/mol. The summed E-state index contributed by atoms with van der Waals surface area (Å²) in [6, 6.07) is 0. The minimum Gasteiger partial charge on any atom is -0.248 e. The van der Waals surface area contributed by atoms with Gasteiger partial charge >= 0.3 is 0 Å². The van der Waals surface area contributed by atoms with Crippen molar-refractivity contribution < 1.29 is 0 Å². The molecule has 0 saturated carbocycles. The van der Waals surface area contributed by atoms with Crippen molar-refractivity contribution in [3.05, 3.63) is 0 Å². The summed E-state index contributed by atoms with van der Waals surface area (Å²) in [6.45, 7) is 7.22. The first-order valence-corrected chi connectivity index (χ1v) is 18.2. The number of rotatable bonds is 32. The molecule has 0 aliphatic carbocycles. The highest BCUT2D eigenvalue weighted by molar-refractivity contribution is 14.1. The summed E-state index contributed by atoms with van der Waals surface area (Å²) in [7, 11) is 0.